The van der Waals surface area contributed by atoms with Crippen LogP contribution in [0.3, 0.4) is 0 Å². The number of likely N-dealkylation sites (tertiary alicyclic amines) is 1. The van der Waals surface area contributed by atoms with E-state index in [1.54, 1.807) is 0 Å². The van der Waals surface area contributed by atoms with Gasteiger partial charge in [-0.3, -0.25) is 9.69 Å². The zero-order chi connectivity index (χ0) is 16.7. The minimum absolute atomic E-state index is 0. The van der Waals surface area contributed by atoms with Gasteiger partial charge in [-0.1, -0.05) is 37.3 Å². The molecule has 0 saturated carbocycles. The largest absolute Gasteiger partial charge is 0.341 e. The lowest BCUT2D eigenvalue weighted by Crippen LogP contribution is -2.45. The molecule has 1 aliphatic rings. The van der Waals surface area contributed by atoms with Crippen LogP contribution in [0.25, 0.3) is 0 Å². The number of hydrogen-bond acceptors (Lipinski definition) is 3. The molecule has 6 heteroatoms. The number of nitrogens with one attached hydrogen (secondary N) is 1. The number of rotatable bonds is 7. The molecule has 1 aromatic carbocycles. The number of amides is 1. The van der Waals surface area contributed by atoms with E-state index in [1.165, 1.54) is 6.42 Å². The average molecular weight is 390 g/mol. The maximum atomic E-state index is 13.1. The van der Waals surface area contributed by atoms with Crippen LogP contribution in [0.1, 0.15) is 37.8 Å². The Morgan fingerprint density at radius 3 is 2.36 bits per heavy atom. The minimum atomic E-state index is -0.157. The Balaban J connectivity index is 0.00000288. The van der Waals surface area contributed by atoms with Gasteiger partial charge in [-0.05, 0) is 57.9 Å². The number of nitrogens with zero attached hydrogens (tertiary/aromatic N) is 2. The second kappa shape index (κ2) is 12.5. The van der Waals surface area contributed by atoms with Crippen LogP contribution in [0.2, 0.25) is 0 Å². The van der Waals surface area contributed by atoms with Crippen LogP contribution in [-0.2, 0) is 4.79 Å². The van der Waals surface area contributed by atoms with Gasteiger partial charge in [-0.2, -0.15) is 0 Å². The molecule has 1 aromatic rings. The Labute approximate surface area is 165 Å². The van der Waals surface area contributed by atoms with E-state index in [1.807, 2.05) is 32.3 Å². The van der Waals surface area contributed by atoms with Crippen molar-refractivity contribution in [3.63, 3.8) is 0 Å². The van der Waals surface area contributed by atoms with Gasteiger partial charge in [-0.25, -0.2) is 0 Å². The van der Waals surface area contributed by atoms with Gasteiger partial charge in [0, 0.05) is 13.1 Å². The van der Waals surface area contributed by atoms with E-state index in [0.29, 0.717) is 0 Å². The summed E-state index contributed by atoms with van der Waals surface area (Å²) < 4.78 is 0. The van der Waals surface area contributed by atoms with Crippen molar-refractivity contribution in [1.29, 1.82) is 0 Å². The highest BCUT2D eigenvalue weighted by molar-refractivity contribution is 5.85. The van der Waals surface area contributed by atoms with Crippen LogP contribution in [-0.4, -0.2) is 56.0 Å². The molecule has 1 fully saturated rings. The molecule has 0 bridgehead atoms. The van der Waals surface area contributed by atoms with Crippen LogP contribution in [0.15, 0.2) is 30.3 Å². The predicted octanol–water partition coefficient (Wildman–Crippen LogP) is 3.37. The third kappa shape index (κ3) is 6.78. The van der Waals surface area contributed by atoms with Crippen molar-refractivity contribution in [3.05, 3.63) is 35.9 Å². The molecule has 4 nitrogen and oxygen atoms in total. The number of carbonyl (C=O) groups excluding carboxylic acids is 1. The van der Waals surface area contributed by atoms with Gasteiger partial charge in [0.15, 0.2) is 0 Å². The van der Waals surface area contributed by atoms with Crippen molar-refractivity contribution >= 4 is 30.7 Å². The van der Waals surface area contributed by atoms with Crippen LogP contribution in [0, 0.1) is 5.92 Å². The molecule has 0 spiro atoms. The molecule has 25 heavy (non-hydrogen) atoms. The van der Waals surface area contributed by atoms with Crippen LogP contribution in [0.5, 0.6) is 0 Å². The van der Waals surface area contributed by atoms with Gasteiger partial charge in [-0.15, -0.1) is 24.8 Å². The Morgan fingerprint density at radius 2 is 1.84 bits per heavy atom. The van der Waals surface area contributed by atoms with Crippen molar-refractivity contribution in [2.24, 2.45) is 5.92 Å². The molecule has 0 aromatic heterocycles. The highest BCUT2D eigenvalue weighted by atomic mass is 35.5. The first-order chi connectivity index (χ1) is 11.2. The fraction of sp³-hybridized carbons (Fsp3) is 0.632. The van der Waals surface area contributed by atoms with E-state index in [-0.39, 0.29) is 36.8 Å². The molecule has 1 aliphatic heterocycles. The summed E-state index contributed by atoms with van der Waals surface area (Å²) >= 11 is 0. The molecule has 2 rings (SSSR count). The molecule has 1 unspecified atom stereocenters. The number of halogens is 2. The minimum Gasteiger partial charge on any atom is -0.341 e. The predicted molar refractivity (Wildman–Crippen MR) is 110 cm³/mol. The Hall–Kier alpha value is -0.810. The average Bonchev–Trinajstić information content (AvgIpc) is 2.61. The number of piperidine rings is 1. The fourth-order valence-electron chi connectivity index (χ4n) is 3.37. The number of carbonyl (C=O) groups is 1. The van der Waals surface area contributed by atoms with E-state index >= 15 is 0 Å². The molecule has 1 saturated heterocycles. The van der Waals surface area contributed by atoms with Gasteiger partial charge in [0.25, 0.3) is 0 Å². The normalized spacial score (nSPS) is 16.1. The zero-order valence-corrected chi connectivity index (χ0v) is 17.2. The highest BCUT2D eigenvalue weighted by Crippen LogP contribution is 2.26. The monoisotopic (exact) mass is 389 g/mol. The maximum Gasteiger partial charge on any atom is 0.244 e. The molecule has 0 aliphatic carbocycles. The topological polar surface area (TPSA) is 35.6 Å². The third-order valence-electron chi connectivity index (χ3n) is 5.02. The quantitative estimate of drug-likeness (QED) is 0.776. The van der Waals surface area contributed by atoms with Crippen molar-refractivity contribution in [3.8, 4) is 0 Å². The van der Waals surface area contributed by atoms with Crippen molar-refractivity contribution < 1.29 is 4.79 Å². The van der Waals surface area contributed by atoms with Crippen molar-refractivity contribution in [2.45, 2.75) is 32.2 Å². The van der Waals surface area contributed by atoms with Gasteiger partial charge < -0.3 is 10.2 Å². The second-order valence-corrected chi connectivity index (χ2v) is 6.55. The van der Waals surface area contributed by atoms with Gasteiger partial charge >= 0.3 is 0 Å². The van der Waals surface area contributed by atoms with E-state index in [2.05, 4.69) is 34.2 Å². The summed E-state index contributed by atoms with van der Waals surface area (Å²) in [5, 5.41) is 3.22. The van der Waals surface area contributed by atoms with E-state index in [9.17, 15) is 4.79 Å². The first kappa shape index (κ1) is 24.2. The summed E-state index contributed by atoms with van der Waals surface area (Å²) in [4.78, 5) is 17.3. The van der Waals surface area contributed by atoms with Gasteiger partial charge in [0.2, 0.25) is 5.91 Å². The molecule has 1 N–H and O–H groups in total. The van der Waals surface area contributed by atoms with Crippen molar-refractivity contribution in [1.82, 2.24) is 15.1 Å². The summed E-state index contributed by atoms with van der Waals surface area (Å²) in [6.45, 7) is 5.84. The molecule has 1 amide bonds. The van der Waals surface area contributed by atoms with Gasteiger partial charge in [0.1, 0.15) is 6.04 Å². The Kier molecular flexibility index (Phi) is 12.1. The SMILES string of the molecule is CCN(C)C(C(=O)N1CCC(CCNC)CC1)c1ccccc1.Cl.Cl. The molecule has 1 atom stereocenters. The molecule has 0 radical (unpaired) electrons. The smallest absolute Gasteiger partial charge is 0.244 e. The standard InChI is InChI=1S/C19H31N3O.2ClH/c1-4-21(3)18(17-8-6-5-7-9-17)19(23)22-14-11-16(12-15-22)10-13-20-2;;/h5-9,16,18,20H,4,10-15H2,1-3H3;2*1H. The zero-order valence-electron chi connectivity index (χ0n) is 15.6. The second-order valence-electron chi connectivity index (χ2n) is 6.55. The summed E-state index contributed by atoms with van der Waals surface area (Å²) in [6.07, 6.45) is 3.48. The first-order valence-corrected chi connectivity index (χ1v) is 8.86. The number of hydrogen-bond donors (Lipinski definition) is 1. The van der Waals surface area contributed by atoms with Crippen LogP contribution >= 0.6 is 24.8 Å². The van der Waals surface area contributed by atoms with Crippen molar-refractivity contribution in [2.75, 3.05) is 40.3 Å². The summed E-state index contributed by atoms with van der Waals surface area (Å²) in [5.41, 5.74) is 1.10. The molecule has 1 heterocycles. The highest BCUT2D eigenvalue weighted by Gasteiger charge is 2.31. The lowest BCUT2D eigenvalue weighted by Gasteiger charge is -2.36. The van der Waals surface area contributed by atoms with Crippen LogP contribution in [0.4, 0.5) is 0 Å². The number of benzene rings is 1. The van der Waals surface area contributed by atoms with Crippen LogP contribution < -0.4 is 5.32 Å². The summed E-state index contributed by atoms with van der Waals surface area (Å²) in [7, 11) is 4.04. The Morgan fingerprint density at radius 1 is 1.24 bits per heavy atom. The van der Waals surface area contributed by atoms with E-state index in [0.717, 1.165) is 50.5 Å². The summed E-state index contributed by atoms with van der Waals surface area (Å²) in [5.74, 6) is 1.01. The van der Waals surface area contributed by atoms with E-state index < -0.39 is 0 Å². The lowest BCUT2D eigenvalue weighted by molar-refractivity contribution is -0.138. The summed E-state index contributed by atoms with van der Waals surface area (Å²) in [6, 6.07) is 10.0. The molecular formula is C19H33Cl2N3O. The fourth-order valence-corrected chi connectivity index (χ4v) is 3.37. The van der Waals surface area contributed by atoms with E-state index in [4.69, 9.17) is 0 Å². The van der Waals surface area contributed by atoms with Gasteiger partial charge in [0.05, 0.1) is 0 Å². The first-order valence-electron chi connectivity index (χ1n) is 8.86. The molecule has 144 valence electrons. The maximum absolute atomic E-state index is 13.1. The lowest BCUT2D eigenvalue weighted by atomic mass is 9.92. The molecular weight excluding hydrogens is 357 g/mol. The third-order valence-corrected chi connectivity index (χ3v) is 5.02. The number of likely N-dealkylation sites (N-methyl/N-ethyl adjacent to an activating group) is 1. The Bertz CT molecular complexity index is 479.